The van der Waals surface area contributed by atoms with Crippen molar-refractivity contribution in [2.75, 3.05) is 29.9 Å². The van der Waals surface area contributed by atoms with Crippen molar-refractivity contribution in [2.45, 2.75) is 32.8 Å². The number of hydrogen-bond acceptors (Lipinski definition) is 5. The zero-order valence-corrected chi connectivity index (χ0v) is 17.1. The van der Waals surface area contributed by atoms with Gasteiger partial charge >= 0.3 is 0 Å². The van der Waals surface area contributed by atoms with Crippen LogP contribution < -0.4 is 10.2 Å². The number of nitrogens with zero attached hydrogens (tertiary/aromatic N) is 3. The van der Waals surface area contributed by atoms with Crippen molar-refractivity contribution >= 4 is 17.5 Å². The van der Waals surface area contributed by atoms with E-state index in [2.05, 4.69) is 66.5 Å². The predicted octanol–water partition coefficient (Wildman–Crippen LogP) is 5.20. The molecule has 0 saturated carbocycles. The zero-order chi connectivity index (χ0) is 20.1. The van der Waals surface area contributed by atoms with Gasteiger partial charge in [-0.2, -0.15) is 4.98 Å². The lowest BCUT2D eigenvalue weighted by Crippen LogP contribution is -2.22. The molecular weight excluding hydrogens is 360 g/mol. The van der Waals surface area contributed by atoms with E-state index >= 15 is 0 Å². The van der Waals surface area contributed by atoms with Crippen LogP contribution in [0.15, 0.2) is 60.7 Å². The SMILES string of the molecule is CCN(c1cccc(C)c1)c1cc(-c2ccccc2)nc(NCC2CCCO2)n1. The van der Waals surface area contributed by atoms with Crippen molar-refractivity contribution in [1.82, 2.24) is 9.97 Å². The minimum Gasteiger partial charge on any atom is -0.376 e. The first-order valence-electron chi connectivity index (χ1n) is 10.4. The van der Waals surface area contributed by atoms with E-state index in [4.69, 9.17) is 14.7 Å². The van der Waals surface area contributed by atoms with Crippen LogP contribution in [0.3, 0.4) is 0 Å². The fourth-order valence-electron chi connectivity index (χ4n) is 3.69. The molecule has 1 N–H and O–H groups in total. The first kappa shape index (κ1) is 19.4. The van der Waals surface area contributed by atoms with Gasteiger partial charge in [0.2, 0.25) is 5.95 Å². The second-order valence-corrected chi connectivity index (χ2v) is 7.40. The highest BCUT2D eigenvalue weighted by molar-refractivity contribution is 5.69. The lowest BCUT2D eigenvalue weighted by molar-refractivity contribution is 0.120. The fourth-order valence-corrected chi connectivity index (χ4v) is 3.69. The third-order valence-electron chi connectivity index (χ3n) is 5.20. The lowest BCUT2D eigenvalue weighted by Gasteiger charge is -2.24. The van der Waals surface area contributed by atoms with E-state index in [-0.39, 0.29) is 6.10 Å². The summed E-state index contributed by atoms with van der Waals surface area (Å²) >= 11 is 0. The van der Waals surface area contributed by atoms with Gasteiger partial charge in [-0.05, 0) is 44.4 Å². The summed E-state index contributed by atoms with van der Waals surface area (Å²) in [6, 6.07) is 20.8. The van der Waals surface area contributed by atoms with Crippen molar-refractivity contribution < 1.29 is 4.74 Å². The van der Waals surface area contributed by atoms with Crippen LogP contribution in [0.5, 0.6) is 0 Å². The molecule has 4 rings (SSSR count). The molecule has 5 heteroatoms. The van der Waals surface area contributed by atoms with Crippen LogP contribution >= 0.6 is 0 Å². The van der Waals surface area contributed by atoms with Gasteiger partial charge in [-0.3, -0.25) is 0 Å². The molecule has 0 amide bonds. The van der Waals surface area contributed by atoms with Crippen molar-refractivity contribution in [2.24, 2.45) is 0 Å². The van der Waals surface area contributed by atoms with E-state index < -0.39 is 0 Å². The van der Waals surface area contributed by atoms with Crippen LogP contribution in [0.1, 0.15) is 25.3 Å². The molecule has 0 bridgehead atoms. The van der Waals surface area contributed by atoms with Crippen LogP contribution in [0.4, 0.5) is 17.5 Å². The molecule has 3 aromatic rings. The molecule has 5 nitrogen and oxygen atoms in total. The molecule has 0 aliphatic carbocycles. The standard InChI is InChI=1S/C24H28N4O/c1-3-28(20-12-7-9-18(2)15-20)23-16-22(19-10-5-4-6-11-19)26-24(27-23)25-17-21-13-8-14-29-21/h4-7,9-12,15-16,21H,3,8,13-14,17H2,1-2H3,(H,25,26,27). The normalized spacial score (nSPS) is 16.0. The second kappa shape index (κ2) is 9.05. The predicted molar refractivity (Wildman–Crippen MR) is 119 cm³/mol. The Bertz CT molecular complexity index is 939. The average Bonchev–Trinajstić information content (AvgIpc) is 3.27. The van der Waals surface area contributed by atoms with E-state index in [9.17, 15) is 0 Å². The number of hydrogen-bond donors (Lipinski definition) is 1. The maximum absolute atomic E-state index is 5.74. The number of ether oxygens (including phenoxy) is 1. The molecule has 1 fully saturated rings. The molecule has 1 saturated heterocycles. The van der Waals surface area contributed by atoms with E-state index in [0.29, 0.717) is 5.95 Å². The molecule has 0 spiro atoms. The first-order chi connectivity index (χ1) is 14.2. The number of aryl methyl sites for hydroxylation is 1. The largest absolute Gasteiger partial charge is 0.376 e. The molecular formula is C24H28N4O. The van der Waals surface area contributed by atoms with Gasteiger partial charge in [0.05, 0.1) is 11.8 Å². The molecule has 1 unspecified atom stereocenters. The number of rotatable bonds is 7. The van der Waals surface area contributed by atoms with Crippen molar-refractivity contribution in [3.63, 3.8) is 0 Å². The summed E-state index contributed by atoms with van der Waals surface area (Å²) in [7, 11) is 0. The molecule has 0 radical (unpaired) electrons. The van der Waals surface area contributed by atoms with Gasteiger partial charge in [0, 0.05) is 37.0 Å². The third-order valence-corrected chi connectivity index (χ3v) is 5.20. The summed E-state index contributed by atoms with van der Waals surface area (Å²) in [5.41, 5.74) is 4.36. The summed E-state index contributed by atoms with van der Waals surface area (Å²) in [6.07, 6.45) is 2.45. The third kappa shape index (κ3) is 4.74. The quantitative estimate of drug-likeness (QED) is 0.603. The Balaban J connectivity index is 1.69. The number of benzene rings is 2. The van der Waals surface area contributed by atoms with Crippen molar-refractivity contribution in [1.29, 1.82) is 0 Å². The van der Waals surface area contributed by atoms with Gasteiger partial charge in [-0.1, -0.05) is 42.5 Å². The number of aromatic nitrogens is 2. The summed E-state index contributed by atoms with van der Waals surface area (Å²) in [5, 5.41) is 3.41. The van der Waals surface area contributed by atoms with Crippen LogP contribution in [-0.2, 0) is 4.74 Å². The Kier molecular flexibility index (Phi) is 6.06. The highest BCUT2D eigenvalue weighted by Crippen LogP contribution is 2.29. The highest BCUT2D eigenvalue weighted by atomic mass is 16.5. The molecule has 1 atom stereocenters. The molecule has 2 aromatic carbocycles. The summed E-state index contributed by atoms with van der Waals surface area (Å²) < 4.78 is 5.74. The minimum absolute atomic E-state index is 0.237. The number of nitrogens with one attached hydrogen (secondary N) is 1. The van der Waals surface area contributed by atoms with Crippen molar-refractivity contribution in [3.05, 3.63) is 66.2 Å². The summed E-state index contributed by atoms with van der Waals surface area (Å²) in [4.78, 5) is 11.9. The van der Waals surface area contributed by atoms with Gasteiger partial charge in [0.1, 0.15) is 5.82 Å². The molecule has 2 heterocycles. The molecule has 1 aliphatic heterocycles. The van der Waals surface area contributed by atoms with Crippen LogP contribution in [0, 0.1) is 6.92 Å². The Hall–Kier alpha value is -2.92. The Morgan fingerprint density at radius 2 is 1.93 bits per heavy atom. The average molecular weight is 389 g/mol. The fraction of sp³-hybridized carbons (Fsp3) is 0.333. The van der Waals surface area contributed by atoms with E-state index in [0.717, 1.165) is 55.3 Å². The van der Waals surface area contributed by atoms with Gasteiger partial charge in [-0.15, -0.1) is 0 Å². The Morgan fingerprint density at radius 3 is 2.66 bits per heavy atom. The molecule has 29 heavy (non-hydrogen) atoms. The minimum atomic E-state index is 0.237. The van der Waals surface area contributed by atoms with Crippen LogP contribution in [0.25, 0.3) is 11.3 Å². The Morgan fingerprint density at radius 1 is 1.07 bits per heavy atom. The topological polar surface area (TPSA) is 50.3 Å². The maximum Gasteiger partial charge on any atom is 0.225 e. The van der Waals surface area contributed by atoms with E-state index in [1.807, 2.05) is 18.2 Å². The van der Waals surface area contributed by atoms with Gasteiger partial charge < -0.3 is 15.0 Å². The summed E-state index contributed by atoms with van der Waals surface area (Å²) in [6.45, 7) is 6.65. The lowest BCUT2D eigenvalue weighted by atomic mass is 10.1. The second-order valence-electron chi connectivity index (χ2n) is 7.40. The highest BCUT2D eigenvalue weighted by Gasteiger charge is 2.17. The first-order valence-corrected chi connectivity index (χ1v) is 10.4. The van der Waals surface area contributed by atoms with E-state index in [1.54, 1.807) is 0 Å². The molecule has 1 aromatic heterocycles. The summed E-state index contributed by atoms with van der Waals surface area (Å²) in [5.74, 6) is 1.53. The van der Waals surface area contributed by atoms with E-state index in [1.165, 1.54) is 5.56 Å². The maximum atomic E-state index is 5.74. The Labute approximate surface area is 172 Å². The number of anilines is 3. The van der Waals surface area contributed by atoms with Gasteiger partial charge in [0.15, 0.2) is 0 Å². The molecule has 150 valence electrons. The van der Waals surface area contributed by atoms with Crippen molar-refractivity contribution in [3.8, 4) is 11.3 Å². The zero-order valence-electron chi connectivity index (χ0n) is 17.1. The van der Waals surface area contributed by atoms with Crippen LogP contribution in [-0.4, -0.2) is 35.8 Å². The monoisotopic (exact) mass is 388 g/mol. The van der Waals surface area contributed by atoms with Crippen LogP contribution in [0.2, 0.25) is 0 Å². The smallest absolute Gasteiger partial charge is 0.225 e. The van der Waals surface area contributed by atoms with Gasteiger partial charge in [0.25, 0.3) is 0 Å². The molecule has 1 aliphatic rings. The van der Waals surface area contributed by atoms with Gasteiger partial charge in [-0.25, -0.2) is 4.98 Å².